The van der Waals surface area contributed by atoms with Gasteiger partial charge in [0.2, 0.25) is 11.8 Å². The lowest BCUT2D eigenvalue weighted by Crippen LogP contribution is -2.37. The van der Waals surface area contributed by atoms with E-state index in [1.54, 1.807) is 11.0 Å². The second-order valence-electron chi connectivity index (χ2n) is 5.01. The van der Waals surface area contributed by atoms with E-state index in [4.69, 9.17) is 11.6 Å². The fourth-order valence-electron chi connectivity index (χ4n) is 2.07. The van der Waals surface area contributed by atoms with Crippen molar-refractivity contribution in [2.75, 3.05) is 18.0 Å². The summed E-state index contributed by atoms with van der Waals surface area (Å²) in [5.41, 5.74) is 1.66. The quantitative estimate of drug-likeness (QED) is 0.840. The molecule has 0 atom stereocenters. The molecule has 1 rings (SSSR count). The van der Waals surface area contributed by atoms with Gasteiger partial charge in [-0.25, -0.2) is 0 Å². The minimum Gasteiger partial charge on any atom is -0.354 e. The topological polar surface area (TPSA) is 49.4 Å². The molecule has 0 radical (unpaired) electrons. The fourth-order valence-corrected chi connectivity index (χ4v) is 2.24. The van der Waals surface area contributed by atoms with Crippen LogP contribution in [-0.4, -0.2) is 24.9 Å². The van der Waals surface area contributed by atoms with Gasteiger partial charge < -0.3 is 10.2 Å². The van der Waals surface area contributed by atoms with Crippen molar-refractivity contribution in [2.24, 2.45) is 0 Å². The number of hydrogen-bond donors (Lipinski definition) is 1. The molecule has 0 saturated carbocycles. The predicted octanol–water partition coefficient (Wildman–Crippen LogP) is 3.31. The van der Waals surface area contributed by atoms with Crippen LogP contribution >= 0.6 is 11.6 Å². The van der Waals surface area contributed by atoms with E-state index in [1.807, 2.05) is 26.0 Å². The molecule has 4 nitrogen and oxygen atoms in total. The second-order valence-corrected chi connectivity index (χ2v) is 5.42. The maximum atomic E-state index is 11.8. The molecule has 1 N–H and O–H groups in total. The van der Waals surface area contributed by atoms with E-state index in [1.165, 1.54) is 6.92 Å². The zero-order valence-corrected chi connectivity index (χ0v) is 13.7. The van der Waals surface area contributed by atoms with E-state index in [2.05, 4.69) is 5.32 Å². The number of anilines is 1. The van der Waals surface area contributed by atoms with Crippen LogP contribution in [0, 0.1) is 6.92 Å². The molecule has 0 spiro atoms. The largest absolute Gasteiger partial charge is 0.354 e. The Kier molecular flexibility index (Phi) is 7.23. The van der Waals surface area contributed by atoms with Crippen molar-refractivity contribution >= 4 is 29.1 Å². The van der Waals surface area contributed by atoms with Gasteiger partial charge in [0.1, 0.15) is 0 Å². The predicted molar refractivity (Wildman–Crippen MR) is 86.8 cm³/mol. The summed E-state index contributed by atoms with van der Waals surface area (Å²) in [6.45, 7) is 6.32. The van der Waals surface area contributed by atoms with E-state index in [9.17, 15) is 9.59 Å². The van der Waals surface area contributed by atoms with Crippen LogP contribution < -0.4 is 10.2 Å². The Hall–Kier alpha value is -1.55. The fraction of sp³-hybridized carbons (Fsp3) is 0.500. The molecule has 0 aliphatic rings. The summed E-state index contributed by atoms with van der Waals surface area (Å²) in [7, 11) is 0. The standard InChI is InChI=1S/C16H23ClN2O2/c1-4-5-9-16(21)18-10-11-19(13(3)20)15-8-6-7-14(17)12(15)2/h6-8H,4-5,9-11H2,1-3H3,(H,18,21). The number of carbonyl (C=O) groups excluding carboxylic acids is 2. The zero-order chi connectivity index (χ0) is 15.8. The minimum atomic E-state index is -0.0665. The first-order valence-corrected chi connectivity index (χ1v) is 7.65. The van der Waals surface area contributed by atoms with Crippen LogP contribution in [0.2, 0.25) is 5.02 Å². The van der Waals surface area contributed by atoms with Gasteiger partial charge in [0.05, 0.1) is 0 Å². The molecular formula is C16H23ClN2O2. The molecule has 116 valence electrons. The van der Waals surface area contributed by atoms with Crippen molar-refractivity contribution in [3.63, 3.8) is 0 Å². The smallest absolute Gasteiger partial charge is 0.223 e. The van der Waals surface area contributed by atoms with Gasteiger partial charge in [-0.3, -0.25) is 9.59 Å². The number of nitrogens with one attached hydrogen (secondary N) is 1. The number of amides is 2. The lowest BCUT2D eigenvalue weighted by atomic mass is 10.1. The highest BCUT2D eigenvalue weighted by atomic mass is 35.5. The normalized spacial score (nSPS) is 10.3. The Morgan fingerprint density at radius 3 is 2.67 bits per heavy atom. The van der Waals surface area contributed by atoms with Crippen molar-refractivity contribution in [1.29, 1.82) is 0 Å². The number of halogens is 1. The van der Waals surface area contributed by atoms with Crippen LogP contribution in [0.3, 0.4) is 0 Å². The Labute approximate surface area is 131 Å². The lowest BCUT2D eigenvalue weighted by molar-refractivity contribution is -0.121. The number of benzene rings is 1. The van der Waals surface area contributed by atoms with Gasteiger partial charge in [0.15, 0.2) is 0 Å². The van der Waals surface area contributed by atoms with Crippen LogP contribution in [-0.2, 0) is 9.59 Å². The van der Waals surface area contributed by atoms with E-state index < -0.39 is 0 Å². The van der Waals surface area contributed by atoms with E-state index in [-0.39, 0.29) is 11.8 Å². The van der Waals surface area contributed by atoms with Gasteiger partial charge in [-0.15, -0.1) is 0 Å². The molecule has 0 bridgehead atoms. The highest BCUT2D eigenvalue weighted by Gasteiger charge is 2.15. The van der Waals surface area contributed by atoms with Gasteiger partial charge in [0, 0.05) is 37.1 Å². The summed E-state index contributed by atoms with van der Waals surface area (Å²) in [6.07, 6.45) is 2.41. The molecule has 0 aliphatic heterocycles. The number of unbranched alkanes of at least 4 members (excludes halogenated alkanes) is 1. The lowest BCUT2D eigenvalue weighted by Gasteiger charge is -2.23. The molecule has 0 heterocycles. The number of hydrogen-bond acceptors (Lipinski definition) is 2. The van der Waals surface area contributed by atoms with E-state index in [0.717, 1.165) is 24.1 Å². The van der Waals surface area contributed by atoms with Gasteiger partial charge in [-0.1, -0.05) is 31.0 Å². The van der Waals surface area contributed by atoms with Gasteiger partial charge in [0.25, 0.3) is 0 Å². The van der Waals surface area contributed by atoms with Crippen molar-refractivity contribution in [3.8, 4) is 0 Å². The summed E-state index contributed by atoms with van der Waals surface area (Å²) in [6, 6.07) is 5.48. The number of nitrogens with zero attached hydrogens (tertiary/aromatic N) is 1. The van der Waals surface area contributed by atoms with Crippen molar-refractivity contribution in [2.45, 2.75) is 40.0 Å². The highest BCUT2D eigenvalue weighted by Crippen LogP contribution is 2.26. The summed E-state index contributed by atoms with van der Waals surface area (Å²) < 4.78 is 0. The first-order chi connectivity index (χ1) is 9.97. The molecule has 0 aliphatic carbocycles. The molecule has 2 amide bonds. The zero-order valence-electron chi connectivity index (χ0n) is 12.9. The van der Waals surface area contributed by atoms with Crippen LogP contribution in [0.1, 0.15) is 38.7 Å². The van der Waals surface area contributed by atoms with Gasteiger partial charge in [-0.05, 0) is 31.0 Å². The SMILES string of the molecule is CCCCC(=O)NCCN(C(C)=O)c1cccc(Cl)c1C. The average molecular weight is 311 g/mol. The Bertz CT molecular complexity index is 503. The van der Waals surface area contributed by atoms with E-state index in [0.29, 0.717) is 24.5 Å². The van der Waals surface area contributed by atoms with Crippen LogP contribution in [0.5, 0.6) is 0 Å². The highest BCUT2D eigenvalue weighted by molar-refractivity contribution is 6.31. The summed E-state index contributed by atoms with van der Waals surface area (Å²) in [5.74, 6) is -0.0358. The first-order valence-electron chi connectivity index (χ1n) is 7.27. The molecule has 1 aromatic rings. The third kappa shape index (κ3) is 5.38. The number of rotatable bonds is 7. The first kappa shape index (κ1) is 17.5. The maximum absolute atomic E-state index is 11.8. The van der Waals surface area contributed by atoms with Gasteiger partial charge in [-0.2, -0.15) is 0 Å². The van der Waals surface area contributed by atoms with E-state index >= 15 is 0 Å². The molecule has 0 unspecified atom stereocenters. The third-order valence-electron chi connectivity index (χ3n) is 3.32. The molecular weight excluding hydrogens is 288 g/mol. The average Bonchev–Trinajstić information content (AvgIpc) is 2.44. The molecule has 0 fully saturated rings. The Morgan fingerprint density at radius 1 is 1.33 bits per heavy atom. The summed E-state index contributed by atoms with van der Waals surface area (Å²) in [5, 5.41) is 3.47. The summed E-state index contributed by atoms with van der Waals surface area (Å²) in [4.78, 5) is 25.0. The van der Waals surface area contributed by atoms with Crippen molar-refractivity contribution in [3.05, 3.63) is 28.8 Å². The maximum Gasteiger partial charge on any atom is 0.223 e. The van der Waals surface area contributed by atoms with Crippen LogP contribution in [0.15, 0.2) is 18.2 Å². The second kappa shape index (κ2) is 8.67. The summed E-state index contributed by atoms with van der Waals surface area (Å²) >= 11 is 6.10. The minimum absolute atomic E-state index is 0.0307. The van der Waals surface area contributed by atoms with Gasteiger partial charge >= 0.3 is 0 Å². The number of carbonyl (C=O) groups is 2. The van der Waals surface area contributed by atoms with Crippen LogP contribution in [0.4, 0.5) is 5.69 Å². The Morgan fingerprint density at radius 2 is 2.05 bits per heavy atom. The molecule has 21 heavy (non-hydrogen) atoms. The molecule has 0 aromatic heterocycles. The monoisotopic (exact) mass is 310 g/mol. The van der Waals surface area contributed by atoms with Crippen molar-refractivity contribution in [1.82, 2.24) is 5.32 Å². The van der Waals surface area contributed by atoms with Crippen molar-refractivity contribution < 1.29 is 9.59 Å². The molecule has 1 aromatic carbocycles. The Balaban J connectivity index is 2.65. The molecule has 0 saturated heterocycles. The van der Waals surface area contributed by atoms with Crippen LogP contribution in [0.25, 0.3) is 0 Å². The third-order valence-corrected chi connectivity index (χ3v) is 3.73. The molecule has 5 heteroatoms.